The van der Waals surface area contributed by atoms with Gasteiger partial charge in [-0.15, -0.1) is 0 Å². The Bertz CT molecular complexity index is 96.7. The predicted molar refractivity (Wildman–Crippen MR) is 40.2 cm³/mol. The van der Waals surface area contributed by atoms with Gasteiger partial charge < -0.3 is 5.73 Å². The summed E-state index contributed by atoms with van der Waals surface area (Å²) in [4.78, 5) is 0. The summed E-state index contributed by atoms with van der Waals surface area (Å²) in [6.07, 6.45) is 5.13. The zero-order valence-corrected chi connectivity index (χ0v) is 6.48. The Kier molecular flexibility index (Phi) is 1.80. The van der Waals surface area contributed by atoms with Crippen molar-refractivity contribution in [3.8, 4) is 0 Å². The van der Waals surface area contributed by atoms with Crippen LogP contribution in [0.3, 0.4) is 0 Å². The lowest BCUT2D eigenvalue weighted by molar-refractivity contribution is 0.444. The molecular formula is C8H17N. The fourth-order valence-corrected chi connectivity index (χ4v) is 1.75. The van der Waals surface area contributed by atoms with Crippen molar-refractivity contribution in [2.75, 3.05) is 0 Å². The Morgan fingerprint density at radius 2 is 2.33 bits per heavy atom. The fourth-order valence-electron chi connectivity index (χ4n) is 1.75. The van der Waals surface area contributed by atoms with Crippen LogP contribution in [0.2, 0.25) is 0 Å². The van der Waals surface area contributed by atoms with Crippen LogP contribution in [0.1, 0.15) is 39.5 Å². The van der Waals surface area contributed by atoms with E-state index in [9.17, 15) is 0 Å². The molecule has 0 aliphatic heterocycles. The number of hydrogen-bond donors (Lipinski definition) is 1. The maximum atomic E-state index is 5.94. The van der Waals surface area contributed by atoms with Crippen molar-refractivity contribution in [1.82, 2.24) is 0 Å². The van der Waals surface area contributed by atoms with E-state index in [-0.39, 0.29) is 5.54 Å². The van der Waals surface area contributed by atoms with Crippen LogP contribution >= 0.6 is 0 Å². The molecule has 9 heavy (non-hydrogen) atoms. The van der Waals surface area contributed by atoms with Gasteiger partial charge in [-0.25, -0.2) is 0 Å². The van der Waals surface area contributed by atoms with Crippen LogP contribution in [0, 0.1) is 5.92 Å². The molecule has 2 unspecified atom stereocenters. The molecule has 2 N–H and O–H groups in total. The zero-order chi connectivity index (χ0) is 6.91. The van der Waals surface area contributed by atoms with Crippen LogP contribution in [-0.4, -0.2) is 5.54 Å². The molecule has 0 heterocycles. The molecule has 1 heteroatoms. The Balaban J connectivity index is 2.38. The second-order valence-electron chi connectivity index (χ2n) is 3.67. The van der Waals surface area contributed by atoms with Gasteiger partial charge in [-0.2, -0.15) is 0 Å². The van der Waals surface area contributed by atoms with Gasteiger partial charge in [-0.3, -0.25) is 0 Å². The summed E-state index contributed by atoms with van der Waals surface area (Å²) < 4.78 is 0. The molecule has 1 saturated carbocycles. The molecule has 0 radical (unpaired) electrons. The molecule has 54 valence electrons. The number of nitrogens with two attached hydrogens (primary N) is 1. The highest BCUT2D eigenvalue weighted by atomic mass is 14.7. The van der Waals surface area contributed by atoms with Gasteiger partial charge in [-0.05, 0) is 32.1 Å². The van der Waals surface area contributed by atoms with Crippen LogP contribution < -0.4 is 5.73 Å². The van der Waals surface area contributed by atoms with Crippen molar-refractivity contribution in [3.63, 3.8) is 0 Å². The van der Waals surface area contributed by atoms with Crippen molar-refractivity contribution in [1.29, 1.82) is 0 Å². The third-order valence-electron chi connectivity index (χ3n) is 2.46. The van der Waals surface area contributed by atoms with Crippen LogP contribution in [0.5, 0.6) is 0 Å². The standard InChI is InChI=1S/C8H17N/c1-3-7-4-5-8(2,9)6-7/h7H,3-6,9H2,1-2H3. The third kappa shape index (κ3) is 1.68. The topological polar surface area (TPSA) is 26.0 Å². The molecule has 2 atom stereocenters. The Labute approximate surface area is 57.6 Å². The molecule has 0 aromatic heterocycles. The zero-order valence-electron chi connectivity index (χ0n) is 6.48. The Morgan fingerprint density at radius 3 is 2.56 bits per heavy atom. The lowest BCUT2D eigenvalue weighted by Gasteiger charge is -2.16. The van der Waals surface area contributed by atoms with Crippen molar-refractivity contribution in [2.24, 2.45) is 11.7 Å². The van der Waals surface area contributed by atoms with Crippen LogP contribution in [-0.2, 0) is 0 Å². The van der Waals surface area contributed by atoms with Gasteiger partial charge in [0.05, 0.1) is 0 Å². The molecule has 0 amide bonds. The van der Waals surface area contributed by atoms with Crippen molar-refractivity contribution < 1.29 is 0 Å². The predicted octanol–water partition coefficient (Wildman–Crippen LogP) is 1.91. The van der Waals surface area contributed by atoms with Crippen molar-refractivity contribution in [2.45, 2.75) is 45.1 Å². The maximum absolute atomic E-state index is 5.94. The summed E-state index contributed by atoms with van der Waals surface area (Å²) in [5.74, 6) is 0.917. The maximum Gasteiger partial charge on any atom is 0.0128 e. The molecule has 0 spiro atoms. The minimum atomic E-state index is 0.167. The van der Waals surface area contributed by atoms with Gasteiger partial charge in [0.25, 0.3) is 0 Å². The average molecular weight is 127 g/mol. The molecule has 1 nitrogen and oxygen atoms in total. The highest BCUT2D eigenvalue weighted by molar-refractivity contribution is 4.88. The first-order valence-corrected chi connectivity index (χ1v) is 3.93. The summed E-state index contributed by atoms with van der Waals surface area (Å²) in [6.45, 7) is 4.43. The highest BCUT2D eigenvalue weighted by Crippen LogP contribution is 2.33. The minimum Gasteiger partial charge on any atom is -0.325 e. The van der Waals surface area contributed by atoms with E-state index in [1.807, 2.05) is 0 Å². The molecule has 1 fully saturated rings. The van der Waals surface area contributed by atoms with Crippen LogP contribution in [0.4, 0.5) is 0 Å². The molecule has 0 bridgehead atoms. The Hall–Kier alpha value is -0.0400. The molecular weight excluding hydrogens is 110 g/mol. The molecule has 1 aliphatic rings. The smallest absolute Gasteiger partial charge is 0.0128 e. The molecule has 1 aliphatic carbocycles. The summed E-state index contributed by atoms with van der Waals surface area (Å²) in [7, 11) is 0. The molecule has 0 saturated heterocycles. The van der Waals surface area contributed by atoms with Crippen molar-refractivity contribution >= 4 is 0 Å². The first kappa shape index (κ1) is 7.07. The summed E-state index contributed by atoms with van der Waals surface area (Å²) in [6, 6.07) is 0. The SMILES string of the molecule is CCC1CCC(C)(N)C1. The summed E-state index contributed by atoms with van der Waals surface area (Å²) >= 11 is 0. The van der Waals surface area contributed by atoms with Gasteiger partial charge in [-0.1, -0.05) is 13.3 Å². The van der Waals surface area contributed by atoms with Crippen LogP contribution in [0.15, 0.2) is 0 Å². The van der Waals surface area contributed by atoms with E-state index >= 15 is 0 Å². The minimum absolute atomic E-state index is 0.167. The van der Waals surface area contributed by atoms with Gasteiger partial charge >= 0.3 is 0 Å². The third-order valence-corrected chi connectivity index (χ3v) is 2.46. The lowest BCUT2D eigenvalue weighted by atomic mass is 9.99. The van der Waals surface area contributed by atoms with E-state index in [1.54, 1.807) is 0 Å². The van der Waals surface area contributed by atoms with E-state index in [2.05, 4.69) is 13.8 Å². The van der Waals surface area contributed by atoms with E-state index < -0.39 is 0 Å². The largest absolute Gasteiger partial charge is 0.325 e. The van der Waals surface area contributed by atoms with Crippen LogP contribution in [0.25, 0.3) is 0 Å². The van der Waals surface area contributed by atoms with Crippen molar-refractivity contribution in [3.05, 3.63) is 0 Å². The van der Waals surface area contributed by atoms with Gasteiger partial charge in [0.1, 0.15) is 0 Å². The van der Waals surface area contributed by atoms with E-state index in [0.717, 1.165) is 5.92 Å². The molecule has 1 rings (SSSR count). The second kappa shape index (κ2) is 2.30. The quantitative estimate of drug-likeness (QED) is 0.572. The normalized spacial score (nSPS) is 43.7. The molecule has 0 aromatic rings. The van der Waals surface area contributed by atoms with E-state index in [1.165, 1.54) is 25.7 Å². The Morgan fingerprint density at radius 1 is 1.67 bits per heavy atom. The first-order chi connectivity index (χ1) is 4.14. The van der Waals surface area contributed by atoms with E-state index in [4.69, 9.17) is 5.73 Å². The monoisotopic (exact) mass is 127 g/mol. The van der Waals surface area contributed by atoms with Gasteiger partial charge in [0.15, 0.2) is 0 Å². The van der Waals surface area contributed by atoms with Gasteiger partial charge in [0.2, 0.25) is 0 Å². The fraction of sp³-hybridized carbons (Fsp3) is 1.00. The molecule has 0 aromatic carbocycles. The van der Waals surface area contributed by atoms with Gasteiger partial charge in [0, 0.05) is 5.54 Å². The number of rotatable bonds is 1. The van der Waals surface area contributed by atoms with E-state index in [0.29, 0.717) is 0 Å². The summed E-state index contributed by atoms with van der Waals surface area (Å²) in [5.41, 5.74) is 6.11. The number of hydrogen-bond acceptors (Lipinski definition) is 1. The highest BCUT2D eigenvalue weighted by Gasteiger charge is 2.29. The second-order valence-corrected chi connectivity index (χ2v) is 3.67. The lowest BCUT2D eigenvalue weighted by Crippen LogP contribution is -2.32. The summed E-state index contributed by atoms with van der Waals surface area (Å²) in [5, 5.41) is 0. The first-order valence-electron chi connectivity index (χ1n) is 3.93. The average Bonchev–Trinajstić information content (AvgIpc) is 2.10.